The summed E-state index contributed by atoms with van der Waals surface area (Å²) in [6.07, 6.45) is 1.64. The van der Waals surface area contributed by atoms with Crippen LogP contribution in [-0.4, -0.2) is 5.29 Å². The van der Waals surface area contributed by atoms with Crippen LogP contribution in [0.15, 0.2) is 64.8 Å². The van der Waals surface area contributed by atoms with E-state index in [-0.39, 0.29) is 5.82 Å². The van der Waals surface area contributed by atoms with Crippen LogP contribution < -0.4 is 5.32 Å². The van der Waals surface area contributed by atoms with Gasteiger partial charge in [-0.25, -0.2) is 9.38 Å². The largest absolute Gasteiger partial charge is 0.336 e. The Bertz CT molecular complexity index is 768. The molecule has 0 radical (unpaired) electrons. The molecule has 1 heterocycles. The first-order valence-electron chi connectivity index (χ1n) is 6.73. The molecule has 0 amide bonds. The van der Waals surface area contributed by atoms with Crippen LogP contribution in [-0.2, 0) is 5.54 Å². The quantitative estimate of drug-likeness (QED) is 0.769. The van der Waals surface area contributed by atoms with Gasteiger partial charge >= 0.3 is 0 Å². The standard InChI is InChI=1S/C17H13Cl2FN2/c1-17(15(18)10-21-16(19)22-17)13-4-2-3-12(9-13)11-5-7-14(20)8-6-11/h2-10H,1H3,(H,21,22). The van der Waals surface area contributed by atoms with Crippen molar-refractivity contribution in [3.8, 4) is 11.1 Å². The summed E-state index contributed by atoms with van der Waals surface area (Å²) in [6.45, 7) is 1.90. The van der Waals surface area contributed by atoms with Gasteiger partial charge in [-0.3, -0.25) is 0 Å². The number of hydrogen-bond acceptors (Lipinski definition) is 2. The lowest BCUT2D eigenvalue weighted by Gasteiger charge is -2.29. The van der Waals surface area contributed by atoms with Crippen LogP contribution >= 0.6 is 23.2 Å². The van der Waals surface area contributed by atoms with Gasteiger partial charge < -0.3 is 5.32 Å². The molecule has 2 aromatic rings. The Balaban J connectivity index is 2.06. The molecule has 1 aliphatic rings. The van der Waals surface area contributed by atoms with Gasteiger partial charge in [0.1, 0.15) is 11.4 Å². The first kappa shape index (κ1) is 15.1. The summed E-state index contributed by atoms with van der Waals surface area (Å²) in [5, 5.41) is 3.63. The predicted octanol–water partition coefficient (Wildman–Crippen LogP) is 4.99. The Morgan fingerprint density at radius 3 is 2.50 bits per heavy atom. The molecule has 1 N–H and O–H groups in total. The maximum Gasteiger partial charge on any atom is 0.196 e. The summed E-state index contributed by atoms with van der Waals surface area (Å²) in [5.41, 5.74) is 2.07. The zero-order chi connectivity index (χ0) is 15.7. The van der Waals surface area contributed by atoms with E-state index >= 15 is 0 Å². The van der Waals surface area contributed by atoms with E-state index in [1.807, 2.05) is 31.2 Å². The van der Waals surface area contributed by atoms with Gasteiger partial charge in [0.25, 0.3) is 0 Å². The highest BCUT2D eigenvalue weighted by molar-refractivity contribution is 6.65. The third-order valence-corrected chi connectivity index (χ3v) is 4.38. The van der Waals surface area contributed by atoms with E-state index in [0.29, 0.717) is 10.3 Å². The Hall–Kier alpha value is -1.84. The van der Waals surface area contributed by atoms with E-state index in [1.165, 1.54) is 12.1 Å². The van der Waals surface area contributed by atoms with Gasteiger partial charge in [0.05, 0.1) is 5.03 Å². The third kappa shape index (κ3) is 2.74. The van der Waals surface area contributed by atoms with Gasteiger partial charge in [-0.1, -0.05) is 41.9 Å². The lowest BCUT2D eigenvalue weighted by atomic mass is 9.89. The van der Waals surface area contributed by atoms with E-state index in [4.69, 9.17) is 23.2 Å². The van der Waals surface area contributed by atoms with Crippen molar-refractivity contribution < 1.29 is 4.39 Å². The Labute approximate surface area is 138 Å². The fourth-order valence-electron chi connectivity index (χ4n) is 2.39. The maximum absolute atomic E-state index is 13.1. The molecule has 1 unspecified atom stereocenters. The van der Waals surface area contributed by atoms with Gasteiger partial charge in [-0.05, 0) is 53.4 Å². The molecular weight excluding hydrogens is 322 g/mol. The number of benzene rings is 2. The van der Waals surface area contributed by atoms with Crippen molar-refractivity contribution in [2.45, 2.75) is 12.5 Å². The maximum atomic E-state index is 13.1. The minimum Gasteiger partial charge on any atom is -0.336 e. The minimum atomic E-state index is -0.736. The lowest BCUT2D eigenvalue weighted by Crippen LogP contribution is -2.30. The molecule has 0 aliphatic carbocycles. The first-order chi connectivity index (χ1) is 10.5. The number of halogens is 3. The Morgan fingerprint density at radius 2 is 1.77 bits per heavy atom. The monoisotopic (exact) mass is 334 g/mol. The molecule has 0 saturated carbocycles. The number of rotatable bonds is 2. The molecule has 0 aromatic heterocycles. The normalized spacial score (nSPS) is 20.9. The van der Waals surface area contributed by atoms with E-state index in [9.17, 15) is 4.39 Å². The summed E-state index contributed by atoms with van der Waals surface area (Å²) in [5.74, 6) is -0.257. The average molecular weight is 335 g/mol. The highest BCUT2D eigenvalue weighted by Gasteiger charge is 2.33. The fourth-order valence-corrected chi connectivity index (χ4v) is 2.82. The van der Waals surface area contributed by atoms with Crippen molar-refractivity contribution in [3.63, 3.8) is 0 Å². The molecule has 2 nitrogen and oxygen atoms in total. The molecule has 0 bridgehead atoms. The van der Waals surface area contributed by atoms with Crippen LogP contribution in [0.4, 0.5) is 4.39 Å². The topological polar surface area (TPSA) is 24.4 Å². The predicted molar refractivity (Wildman–Crippen MR) is 89.5 cm³/mol. The Morgan fingerprint density at radius 1 is 1.05 bits per heavy atom. The molecule has 5 heteroatoms. The highest BCUT2D eigenvalue weighted by Crippen LogP contribution is 2.39. The van der Waals surface area contributed by atoms with Crippen molar-refractivity contribution in [1.82, 2.24) is 5.32 Å². The van der Waals surface area contributed by atoms with Crippen LogP contribution in [0.3, 0.4) is 0 Å². The van der Waals surface area contributed by atoms with Crippen molar-refractivity contribution in [2.75, 3.05) is 0 Å². The van der Waals surface area contributed by atoms with Crippen molar-refractivity contribution >= 4 is 28.5 Å². The second-order valence-corrected chi connectivity index (χ2v) is 5.96. The van der Waals surface area contributed by atoms with Crippen LogP contribution in [0.2, 0.25) is 0 Å². The van der Waals surface area contributed by atoms with Crippen LogP contribution in [0.1, 0.15) is 12.5 Å². The van der Waals surface area contributed by atoms with Gasteiger partial charge in [-0.2, -0.15) is 0 Å². The summed E-state index contributed by atoms with van der Waals surface area (Å²) in [7, 11) is 0. The Kier molecular flexibility index (Phi) is 3.94. The average Bonchev–Trinajstić information content (AvgIpc) is 2.52. The van der Waals surface area contributed by atoms with Crippen LogP contribution in [0.25, 0.3) is 11.1 Å². The van der Waals surface area contributed by atoms with Crippen LogP contribution in [0, 0.1) is 5.82 Å². The molecule has 22 heavy (non-hydrogen) atoms. The molecule has 0 saturated heterocycles. The first-order valence-corrected chi connectivity index (χ1v) is 7.49. The summed E-state index contributed by atoms with van der Waals surface area (Å²) in [4.78, 5) is 4.43. The minimum absolute atomic E-state index is 0.257. The molecular formula is C17H13Cl2FN2. The second-order valence-electron chi connectivity index (χ2n) is 5.20. The zero-order valence-corrected chi connectivity index (χ0v) is 13.3. The van der Waals surface area contributed by atoms with Gasteiger partial charge in [0.15, 0.2) is 5.29 Å². The van der Waals surface area contributed by atoms with Gasteiger partial charge in [0, 0.05) is 6.20 Å². The molecule has 112 valence electrons. The summed E-state index contributed by atoms with van der Waals surface area (Å²) >= 11 is 12.3. The summed E-state index contributed by atoms with van der Waals surface area (Å²) < 4.78 is 13.1. The zero-order valence-electron chi connectivity index (χ0n) is 11.8. The molecule has 3 rings (SSSR count). The fraction of sp³-hybridized carbons (Fsp3) is 0.118. The van der Waals surface area contributed by atoms with Gasteiger partial charge in [-0.15, -0.1) is 0 Å². The third-order valence-electron chi connectivity index (χ3n) is 3.71. The summed E-state index contributed by atoms with van der Waals surface area (Å²) in [6, 6.07) is 14.2. The van der Waals surface area contributed by atoms with Crippen molar-refractivity contribution in [3.05, 3.63) is 71.1 Å². The van der Waals surface area contributed by atoms with Crippen LogP contribution in [0.5, 0.6) is 0 Å². The number of amidine groups is 1. The smallest absolute Gasteiger partial charge is 0.196 e. The molecule has 2 aromatic carbocycles. The van der Waals surface area contributed by atoms with Crippen molar-refractivity contribution in [2.24, 2.45) is 4.99 Å². The lowest BCUT2D eigenvalue weighted by molar-refractivity contribution is 0.607. The highest BCUT2D eigenvalue weighted by atomic mass is 35.5. The molecule has 0 spiro atoms. The number of aliphatic imine (C=N–C) groups is 1. The van der Waals surface area contributed by atoms with E-state index in [0.717, 1.165) is 16.7 Å². The SMILES string of the molecule is CC1(c2cccc(-c3ccc(F)cc3)c2)N=C(Cl)NC=C1Cl. The number of nitrogens with one attached hydrogen (secondary N) is 1. The van der Waals surface area contributed by atoms with E-state index in [1.54, 1.807) is 18.3 Å². The van der Waals surface area contributed by atoms with E-state index < -0.39 is 5.54 Å². The molecule has 0 fully saturated rings. The van der Waals surface area contributed by atoms with Gasteiger partial charge in [0.2, 0.25) is 0 Å². The number of nitrogens with zero attached hydrogens (tertiary/aromatic N) is 1. The molecule has 1 aliphatic heterocycles. The second kappa shape index (κ2) is 5.75. The van der Waals surface area contributed by atoms with E-state index in [2.05, 4.69) is 10.3 Å². The number of hydrogen-bond donors (Lipinski definition) is 1. The van der Waals surface area contributed by atoms with Crippen molar-refractivity contribution in [1.29, 1.82) is 0 Å². The molecule has 1 atom stereocenters.